The monoisotopic (exact) mass is 342 g/mol. The Labute approximate surface area is 153 Å². The lowest BCUT2D eigenvalue weighted by atomic mass is 10.1. The molecular formula is C24H22S. The smallest absolute Gasteiger partial charge is 0.0343 e. The number of fused-ring (bicyclic) bond motifs is 2. The fourth-order valence-electron chi connectivity index (χ4n) is 2.79. The van der Waals surface area contributed by atoms with Crippen molar-refractivity contribution in [3.8, 4) is 0 Å². The molecule has 0 fully saturated rings. The normalized spacial score (nSPS) is 11.3. The summed E-state index contributed by atoms with van der Waals surface area (Å²) in [6, 6.07) is 23.6. The molecule has 25 heavy (non-hydrogen) atoms. The van der Waals surface area contributed by atoms with Gasteiger partial charge in [-0.15, -0.1) is 11.3 Å². The maximum atomic E-state index is 2.21. The molecular weight excluding hydrogens is 320 g/mol. The third-order valence-electron chi connectivity index (χ3n) is 3.97. The highest BCUT2D eigenvalue weighted by molar-refractivity contribution is 7.17. The first kappa shape index (κ1) is 17.2. The molecule has 0 radical (unpaired) electrons. The molecule has 1 heterocycles. The fraction of sp³-hybridized carbons (Fsp3) is 0.0833. The summed E-state index contributed by atoms with van der Waals surface area (Å²) < 4.78 is 1.36. The van der Waals surface area contributed by atoms with Crippen LogP contribution >= 0.6 is 11.3 Å². The van der Waals surface area contributed by atoms with Crippen LogP contribution in [0.2, 0.25) is 0 Å². The number of rotatable bonds is 2. The average Bonchev–Trinajstić information content (AvgIpc) is 3.11. The Morgan fingerprint density at radius 3 is 2.00 bits per heavy atom. The highest BCUT2D eigenvalue weighted by Crippen LogP contribution is 2.22. The molecule has 0 unspecified atom stereocenters. The predicted octanol–water partition coefficient (Wildman–Crippen LogP) is 7.81. The summed E-state index contributed by atoms with van der Waals surface area (Å²) >= 11 is 1.79. The van der Waals surface area contributed by atoms with Crippen LogP contribution in [0.1, 0.15) is 25.0 Å². The summed E-state index contributed by atoms with van der Waals surface area (Å²) in [7, 11) is 0. The predicted molar refractivity (Wildman–Crippen MR) is 115 cm³/mol. The Morgan fingerprint density at radius 2 is 1.28 bits per heavy atom. The van der Waals surface area contributed by atoms with E-state index in [4.69, 9.17) is 0 Å². The van der Waals surface area contributed by atoms with E-state index in [1.165, 1.54) is 32.0 Å². The molecule has 3 aromatic carbocycles. The van der Waals surface area contributed by atoms with Gasteiger partial charge in [0, 0.05) is 4.70 Å². The quantitative estimate of drug-likeness (QED) is 0.348. The number of hydrogen-bond acceptors (Lipinski definition) is 1. The van der Waals surface area contributed by atoms with Gasteiger partial charge in [0.2, 0.25) is 0 Å². The van der Waals surface area contributed by atoms with Gasteiger partial charge >= 0.3 is 0 Å². The second-order valence-corrected chi connectivity index (χ2v) is 6.77. The van der Waals surface area contributed by atoms with Gasteiger partial charge in [-0.05, 0) is 70.8 Å². The van der Waals surface area contributed by atoms with Crippen LogP contribution in [0.25, 0.3) is 33.0 Å². The van der Waals surface area contributed by atoms with Crippen molar-refractivity contribution in [2.45, 2.75) is 13.8 Å². The molecule has 4 rings (SSSR count). The van der Waals surface area contributed by atoms with Crippen LogP contribution in [0.3, 0.4) is 0 Å². The lowest BCUT2D eigenvalue weighted by molar-refractivity contribution is 1.68. The van der Waals surface area contributed by atoms with Crippen molar-refractivity contribution in [2.24, 2.45) is 0 Å². The summed E-state index contributed by atoms with van der Waals surface area (Å²) in [6.45, 7) is 4.08. The standard InChI is InChI=1S/C13H12.C11H10S/c1-2-5-11-8-9-12-6-3-4-7-13(12)10-11;1-2-3-9-4-5-11-10(8-9)6-7-12-11/h2-10H,1H3;2-8H,1H3/b5-2+;3-2+. The Bertz CT molecular complexity index is 1020. The van der Waals surface area contributed by atoms with E-state index in [0.717, 1.165) is 0 Å². The highest BCUT2D eigenvalue weighted by Gasteiger charge is 1.93. The Balaban J connectivity index is 0.000000146. The minimum atomic E-state index is 1.27. The molecule has 0 saturated carbocycles. The summed E-state index contributed by atoms with van der Waals surface area (Å²) in [6.07, 6.45) is 8.36. The van der Waals surface area contributed by atoms with Crippen LogP contribution in [-0.2, 0) is 0 Å². The molecule has 0 saturated heterocycles. The van der Waals surface area contributed by atoms with E-state index >= 15 is 0 Å². The molecule has 0 nitrogen and oxygen atoms in total. The minimum absolute atomic E-state index is 1.27. The van der Waals surface area contributed by atoms with Gasteiger partial charge in [-0.2, -0.15) is 0 Å². The molecule has 0 atom stereocenters. The zero-order valence-electron chi connectivity index (χ0n) is 14.6. The Kier molecular flexibility index (Phi) is 5.81. The number of benzene rings is 3. The van der Waals surface area contributed by atoms with E-state index in [2.05, 4.69) is 96.4 Å². The summed E-state index contributed by atoms with van der Waals surface area (Å²) in [5.41, 5.74) is 2.55. The summed E-state index contributed by atoms with van der Waals surface area (Å²) in [5, 5.41) is 6.08. The summed E-state index contributed by atoms with van der Waals surface area (Å²) in [4.78, 5) is 0. The molecule has 1 aromatic heterocycles. The molecule has 0 bridgehead atoms. The first-order chi connectivity index (χ1) is 12.3. The second-order valence-electron chi connectivity index (χ2n) is 5.82. The molecule has 0 aliphatic carbocycles. The lowest BCUT2D eigenvalue weighted by Crippen LogP contribution is -1.74. The second kappa shape index (κ2) is 8.46. The van der Waals surface area contributed by atoms with Gasteiger partial charge in [0.15, 0.2) is 0 Å². The van der Waals surface area contributed by atoms with Gasteiger partial charge in [-0.3, -0.25) is 0 Å². The lowest BCUT2D eigenvalue weighted by Gasteiger charge is -1.98. The van der Waals surface area contributed by atoms with Crippen LogP contribution in [-0.4, -0.2) is 0 Å². The van der Waals surface area contributed by atoms with Gasteiger partial charge in [-0.1, -0.05) is 66.8 Å². The molecule has 1 heteroatoms. The fourth-order valence-corrected chi connectivity index (χ4v) is 3.56. The van der Waals surface area contributed by atoms with Crippen molar-refractivity contribution in [1.29, 1.82) is 0 Å². The molecule has 0 aliphatic heterocycles. The largest absolute Gasteiger partial charge is 0.144 e. The van der Waals surface area contributed by atoms with E-state index in [9.17, 15) is 0 Å². The van der Waals surface area contributed by atoms with Crippen molar-refractivity contribution in [2.75, 3.05) is 0 Å². The van der Waals surface area contributed by atoms with Crippen molar-refractivity contribution in [1.82, 2.24) is 0 Å². The van der Waals surface area contributed by atoms with Crippen molar-refractivity contribution in [3.63, 3.8) is 0 Å². The zero-order valence-corrected chi connectivity index (χ0v) is 15.5. The first-order valence-corrected chi connectivity index (χ1v) is 9.39. The molecule has 0 N–H and O–H groups in total. The molecule has 4 aromatic rings. The minimum Gasteiger partial charge on any atom is -0.144 e. The highest BCUT2D eigenvalue weighted by atomic mass is 32.1. The van der Waals surface area contributed by atoms with Crippen LogP contribution in [0.4, 0.5) is 0 Å². The maximum Gasteiger partial charge on any atom is 0.0343 e. The first-order valence-electron chi connectivity index (χ1n) is 8.51. The van der Waals surface area contributed by atoms with Crippen LogP contribution in [0, 0.1) is 0 Å². The third kappa shape index (κ3) is 4.46. The van der Waals surface area contributed by atoms with E-state index < -0.39 is 0 Å². The Morgan fingerprint density at radius 1 is 0.640 bits per heavy atom. The van der Waals surface area contributed by atoms with Gasteiger partial charge in [-0.25, -0.2) is 0 Å². The number of hydrogen-bond donors (Lipinski definition) is 0. The molecule has 0 amide bonds. The zero-order chi connectivity index (χ0) is 17.5. The summed E-state index contributed by atoms with van der Waals surface area (Å²) in [5.74, 6) is 0. The molecule has 0 spiro atoms. The maximum absolute atomic E-state index is 2.21. The van der Waals surface area contributed by atoms with Crippen molar-refractivity contribution >= 4 is 44.3 Å². The van der Waals surface area contributed by atoms with Crippen molar-refractivity contribution < 1.29 is 0 Å². The topological polar surface area (TPSA) is 0 Å². The van der Waals surface area contributed by atoms with E-state index in [-0.39, 0.29) is 0 Å². The SMILES string of the molecule is C/C=C/c1ccc2ccccc2c1.C/C=C/c1ccc2sccc2c1. The molecule has 124 valence electrons. The molecule has 0 aliphatic rings. The van der Waals surface area contributed by atoms with Crippen LogP contribution in [0.15, 0.2) is 84.3 Å². The number of allylic oxidation sites excluding steroid dienone is 2. The van der Waals surface area contributed by atoms with E-state index in [1.807, 2.05) is 13.8 Å². The van der Waals surface area contributed by atoms with Crippen molar-refractivity contribution in [3.05, 3.63) is 95.4 Å². The van der Waals surface area contributed by atoms with Gasteiger partial charge < -0.3 is 0 Å². The van der Waals surface area contributed by atoms with E-state index in [0.29, 0.717) is 0 Å². The average molecular weight is 343 g/mol. The van der Waals surface area contributed by atoms with Crippen LogP contribution in [0.5, 0.6) is 0 Å². The number of thiophene rings is 1. The Hall–Kier alpha value is -2.64. The van der Waals surface area contributed by atoms with Gasteiger partial charge in [0.05, 0.1) is 0 Å². The van der Waals surface area contributed by atoms with Crippen LogP contribution < -0.4 is 0 Å². The van der Waals surface area contributed by atoms with Gasteiger partial charge in [0.25, 0.3) is 0 Å². The van der Waals surface area contributed by atoms with Gasteiger partial charge in [0.1, 0.15) is 0 Å². The van der Waals surface area contributed by atoms with E-state index in [1.54, 1.807) is 11.3 Å². The third-order valence-corrected chi connectivity index (χ3v) is 4.87.